The zero-order valence-corrected chi connectivity index (χ0v) is 11.4. The second-order valence-electron chi connectivity index (χ2n) is 4.74. The number of rotatable bonds is 3. The molecule has 1 unspecified atom stereocenters. The fourth-order valence-electron chi connectivity index (χ4n) is 2.01. The Kier molecular flexibility index (Phi) is 4.03. The number of phenols is 1. The average Bonchev–Trinajstić information content (AvgIpc) is 2.38. The molecule has 0 aliphatic heterocycles. The lowest BCUT2D eigenvalue weighted by Gasteiger charge is -2.15. The largest absolute Gasteiger partial charge is 0.507 e. The minimum atomic E-state index is -0.482. The molecule has 0 aliphatic carbocycles. The Bertz CT molecular complexity index is 640. The fourth-order valence-corrected chi connectivity index (χ4v) is 2.01. The number of halogens is 1. The lowest BCUT2D eigenvalue weighted by molar-refractivity contribution is 0.0936. The Labute approximate surface area is 117 Å². The number of hydrogen-bond acceptors (Lipinski definition) is 2. The second kappa shape index (κ2) is 5.74. The van der Waals surface area contributed by atoms with Crippen molar-refractivity contribution in [1.29, 1.82) is 0 Å². The molecule has 2 rings (SSSR count). The summed E-state index contributed by atoms with van der Waals surface area (Å²) in [5.41, 5.74) is 1.45. The van der Waals surface area contributed by atoms with E-state index >= 15 is 0 Å². The molecule has 0 bridgehead atoms. The highest BCUT2D eigenvalue weighted by Gasteiger charge is 2.16. The highest BCUT2D eigenvalue weighted by Crippen LogP contribution is 2.21. The van der Waals surface area contributed by atoms with Gasteiger partial charge in [0, 0.05) is 5.56 Å². The topological polar surface area (TPSA) is 49.3 Å². The maximum Gasteiger partial charge on any atom is 0.255 e. The molecule has 4 heteroatoms. The highest BCUT2D eigenvalue weighted by atomic mass is 19.1. The molecule has 2 aromatic carbocycles. The molecule has 20 heavy (non-hydrogen) atoms. The number of carbonyl (C=O) groups excluding carboxylic acids is 1. The maximum absolute atomic E-state index is 13.6. The minimum Gasteiger partial charge on any atom is -0.507 e. The van der Waals surface area contributed by atoms with Crippen molar-refractivity contribution in [3.05, 3.63) is 65.0 Å². The first-order valence-electron chi connectivity index (χ1n) is 6.34. The summed E-state index contributed by atoms with van der Waals surface area (Å²) >= 11 is 0. The average molecular weight is 273 g/mol. The zero-order valence-electron chi connectivity index (χ0n) is 11.4. The van der Waals surface area contributed by atoms with Crippen molar-refractivity contribution in [3.63, 3.8) is 0 Å². The van der Waals surface area contributed by atoms with E-state index in [1.807, 2.05) is 6.92 Å². The van der Waals surface area contributed by atoms with Gasteiger partial charge in [-0.25, -0.2) is 4.39 Å². The van der Waals surface area contributed by atoms with Crippen LogP contribution in [0.25, 0.3) is 0 Å². The summed E-state index contributed by atoms with van der Waals surface area (Å²) in [5.74, 6) is -0.880. The predicted octanol–water partition coefficient (Wildman–Crippen LogP) is 3.33. The van der Waals surface area contributed by atoms with Crippen LogP contribution in [0.3, 0.4) is 0 Å². The van der Waals surface area contributed by atoms with E-state index < -0.39 is 11.9 Å². The van der Waals surface area contributed by atoms with Crippen molar-refractivity contribution >= 4 is 5.91 Å². The summed E-state index contributed by atoms with van der Waals surface area (Å²) in [4.78, 5) is 12.1. The van der Waals surface area contributed by atoms with Crippen LogP contribution in [0.1, 0.15) is 34.5 Å². The van der Waals surface area contributed by atoms with Crippen LogP contribution >= 0.6 is 0 Å². The minimum absolute atomic E-state index is 0.0803. The first kappa shape index (κ1) is 14.1. The molecule has 0 fully saturated rings. The van der Waals surface area contributed by atoms with Crippen LogP contribution in [0.15, 0.2) is 42.5 Å². The highest BCUT2D eigenvalue weighted by molar-refractivity contribution is 5.97. The smallest absolute Gasteiger partial charge is 0.255 e. The summed E-state index contributed by atoms with van der Waals surface area (Å²) in [5, 5.41) is 12.4. The van der Waals surface area contributed by atoms with Gasteiger partial charge in [0.15, 0.2) is 0 Å². The lowest BCUT2D eigenvalue weighted by Crippen LogP contribution is -2.27. The van der Waals surface area contributed by atoms with E-state index in [1.165, 1.54) is 12.1 Å². The Morgan fingerprint density at radius 1 is 1.25 bits per heavy atom. The molecule has 1 amide bonds. The molecular formula is C16H16FNO2. The van der Waals surface area contributed by atoms with E-state index in [2.05, 4.69) is 5.32 Å². The SMILES string of the molecule is Cc1ccc(C(=O)NC(C)c2ccccc2F)c(O)c1. The van der Waals surface area contributed by atoms with Crippen LogP contribution in [0, 0.1) is 12.7 Å². The molecule has 1 atom stereocenters. The van der Waals surface area contributed by atoms with Crippen LogP contribution in [0.4, 0.5) is 4.39 Å². The summed E-state index contributed by atoms with van der Waals surface area (Å²) in [6, 6.07) is 10.6. The van der Waals surface area contributed by atoms with Gasteiger partial charge in [0.1, 0.15) is 11.6 Å². The van der Waals surface area contributed by atoms with Crippen molar-refractivity contribution in [1.82, 2.24) is 5.32 Å². The quantitative estimate of drug-likeness (QED) is 0.901. The molecule has 3 nitrogen and oxygen atoms in total. The van der Waals surface area contributed by atoms with Crippen LogP contribution in [0.2, 0.25) is 0 Å². The molecule has 104 valence electrons. The van der Waals surface area contributed by atoms with Gasteiger partial charge in [0.25, 0.3) is 5.91 Å². The van der Waals surface area contributed by atoms with E-state index in [0.717, 1.165) is 5.56 Å². The standard InChI is InChI=1S/C16H16FNO2/c1-10-7-8-13(15(19)9-10)16(20)18-11(2)12-5-3-4-6-14(12)17/h3-9,11,19H,1-2H3,(H,18,20). The van der Waals surface area contributed by atoms with Crippen molar-refractivity contribution in [2.75, 3.05) is 0 Å². The number of benzene rings is 2. The van der Waals surface area contributed by atoms with Crippen molar-refractivity contribution < 1.29 is 14.3 Å². The number of nitrogens with one attached hydrogen (secondary N) is 1. The van der Waals surface area contributed by atoms with Crippen LogP contribution in [-0.2, 0) is 0 Å². The monoisotopic (exact) mass is 273 g/mol. The molecule has 0 aromatic heterocycles. The molecule has 0 heterocycles. The van der Waals surface area contributed by atoms with Gasteiger partial charge in [-0.15, -0.1) is 0 Å². The van der Waals surface area contributed by atoms with Gasteiger partial charge in [-0.1, -0.05) is 24.3 Å². The molecule has 2 N–H and O–H groups in total. The zero-order chi connectivity index (χ0) is 14.7. The summed E-state index contributed by atoms with van der Waals surface area (Å²) < 4.78 is 13.6. The molecular weight excluding hydrogens is 257 g/mol. The van der Waals surface area contributed by atoms with Crippen LogP contribution < -0.4 is 5.32 Å². The molecule has 2 aromatic rings. The third kappa shape index (κ3) is 2.96. The van der Waals surface area contributed by atoms with Crippen molar-refractivity contribution in [2.24, 2.45) is 0 Å². The van der Waals surface area contributed by atoms with Gasteiger partial charge >= 0.3 is 0 Å². The first-order valence-corrected chi connectivity index (χ1v) is 6.34. The summed E-state index contributed by atoms with van der Waals surface area (Å²) in [6.45, 7) is 3.52. The van der Waals surface area contributed by atoms with Gasteiger partial charge < -0.3 is 10.4 Å². The van der Waals surface area contributed by atoms with E-state index in [0.29, 0.717) is 5.56 Å². The van der Waals surface area contributed by atoms with Crippen LogP contribution in [0.5, 0.6) is 5.75 Å². The Hall–Kier alpha value is -2.36. The van der Waals surface area contributed by atoms with Gasteiger partial charge in [0.2, 0.25) is 0 Å². The Morgan fingerprint density at radius 2 is 1.95 bits per heavy atom. The Morgan fingerprint density at radius 3 is 2.60 bits per heavy atom. The van der Waals surface area contributed by atoms with E-state index in [9.17, 15) is 14.3 Å². The van der Waals surface area contributed by atoms with Gasteiger partial charge in [-0.2, -0.15) is 0 Å². The predicted molar refractivity (Wildman–Crippen MR) is 75.1 cm³/mol. The lowest BCUT2D eigenvalue weighted by atomic mass is 10.1. The third-order valence-electron chi connectivity index (χ3n) is 3.12. The van der Waals surface area contributed by atoms with Crippen molar-refractivity contribution in [2.45, 2.75) is 19.9 Å². The van der Waals surface area contributed by atoms with Crippen molar-refractivity contribution in [3.8, 4) is 5.75 Å². The number of hydrogen-bond donors (Lipinski definition) is 2. The fraction of sp³-hybridized carbons (Fsp3) is 0.188. The number of amides is 1. The maximum atomic E-state index is 13.6. The number of carbonyl (C=O) groups is 1. The number of phenolic OH excluding ortho intramolecular Hbond substituents is 1. The molecule has 0 aliphatic rings. The van der Waals surface area contributed by atoms with Gasteiger partial charge in [-0.05, 0) is 37.6 Å². The second-order valence-corrected chi connectivity index (χ2v) is 4.74. The van der Waals surface area contributed by atoms with E-state index in [-0.39, 0.29) is 17.1 Å². The number of aryl methyl sites for hydroxylation is 1. The van der Waals surface area contributed by atoms with E-state index in [4.69, 9.17) is 0 Å². The Balaban J connectivity index is 2.17. The molecule has 0 saturated heterocycles. The summed E-state index contributed by atoms with van der Waals surface area (Å²) in [6.07, 6.45) is 0. The first-order chi connectivity index (χ1) is 9.49. The summed E-state index contributed by atoms with van der Waals surface area (Å²) in [7, 11) is 0. The number of aromatic hydroxyl groups is 1. The third-order valence-corrected chi connectivity index (χ3v) is 3.12. The normalized spacial score (nSPS) is 11.9. The van der Waals surface area contributed by atoms with Gasteiger partial charge in [0.05, 0.1) is 11.6 Å². The molecule has 0 spiro atoms. The molecule has 0 saturated carbocycles. The molecule has 0 radical (unpaired) electrons. The van der Waals surface area contributed by atoms with E-state index in [1.54, 1.807) is 37.3 Å². The van der Waals surface area contributed by atoms with Gasteiger partial charge in [-0.3, -0.25) is 4.79 Å². The van der Waals surface area contributed by atoms with Crippen LogP contribution in [-0.4, -0.2) is 11.0 Å².